The molecule has 0 spiro atoms. The number of methoxy groups -OCH3 is 2. The van der Waals surface area contributed by atoms with E-state index in [-0.39, 0.29) is 85.6 Å². The monoisotopic (exact) mass is 1060 g/mol. The number of amides is 3. The maximum absolute atomic E-state index is 14.0. The predicted molar refractivity (Wildman–Crippen MR) is 272 cm³/mol. The molecule has 0 bridgehead atoms. The van der Waals surface area contributed by atoms with Crippen molar-refractivity contribution in [2.75, 3.05) is 33.9 Å². The second-order valence-electron chi connectivity index (χ2n) is 18.5. The first kappa shape index (κ1) is 54.1. The van der Waals surface area contributed by atoms with Crippen LogP contribution in [-0.2, 0) is 46.6 Å². The van der Waals surface area contributed by atoms with E-state index in [9.17, 15) is 28.8 Å². The van der Waals surface area contributed by atoms with Gasteiger partial charge in [-0.15, -0.1) is 11.3 Å². The van der Waals surface area contributed by atoms with E-state index in [4.69, 9.17) is 52.8 Å². The van der Waals surface area contributed by atoms with Crippen LogP contribution in [0.15, 0.2) is 76.3 Å². The number of carbonyl (C=O) groups excluding carboxylic acids is 6. The van der Waals surface area contributed by atoms with E-state index in [1.807, 2.05) is 36.4 Å². The Balaban J connectivity index is 0.997. The highest BCUT2D eigenvalue weighted by Gasteiger charge is 2.66. The zero-order valence-electron chi connectivity index (χ0n) is 41.5. The summed E-state index contributed by atoms with van der Waals surface area (Å²) in [5, 5.41) is 11.1. The van der Waals surface area contributed by atoms with Gasteiger partial charge in [-0.1, -0.05) is 52.8 Å². The molecule has 7 rings (SSSR count). The van der Waals surface area contributed by atoms with Crippen molar-refractivity contribution in [2.24, 2.45) is 16.2 Å². The van der Waals surface area contributed by atoms with E-state index >= 15 is 0 Å². The SMILES string of the molecule is [B]OC(=O)[C@@]1(N2CCN(/N=C/CCC(=O)c3ccc(OCc4ccc(OC)cc4)c(OCc4ccc(OC)cc4)c3Cl)C2=O)CN2C(=O)[C@@H](CC(=O)/C(=N\OC(C)(C)C(=O)OC(C)(C)C)c3csc(C)n3)[C@H]2S1. The largest absolute Gasteiger partial charge is 0.541 e. The van der Waals surface area contributed by atoms with Gasteiger partial charge in [0.1, 0.15) is 36.0 Å². The molecule has 0 saturated carbocycles. The zero-order valence-corrected chi connectivity index (χ0v) is 43.9. The first-order chi connectivity index (χ1) is 34.7. The molecule has 0 unspecified atom stereocenters. The van der Waals surface area contributed by atoms with Gasteiger partial charge in [-0.05, 0) is 95.5 Å². The lowest BCUT2D eigenvalue weighted by Gasteiger charge is -2.40. The number of hydrogen-bond acceptors (Lipinski definition) is 18. The molecule has 3 saturated heterocycles. The fourth-order valence-electron chi connectivity index (χ4n) is 7.85. The lowest BCUT2D eigenvalue weighted by atomic mass is 9.90. The number of β-lactam (4-membered cyclic amide) rings is 1. The fourth-order valence-corrected chi connectivity index (χ4v) is 10.5. The van der Waals surface area contributed by atoms with Gasteiger partial charge in [-0.3, -0.25) is 24.1 Å². The minimum absolute atomic E-state index is 0.00209. The molecule has 3 atom stereocenters. The number of urea groups is 1. The van der Waals surface area contributed by atoms with Crippen LogP contribution in [0.25, 0.3) is 0 Å². The number of ether oxygens (including phenoxy) is 5. The Bertz CT molecular complexity index is 2800. The summed E-state index contributed by atoms with van der Waals surface area (Å²) in [7, 11) is 8.60. The average molecular weight is 1060 g/mol. The van der Waals surface area contributed by atoms with Crippen LogP contribution in [0.3, 0.4) is 0 Å². The topological polar surface area (TPSA) is 214 Å². The second-order valence-corrected chi connectivity index (χ2v) is 21.4. The zero-order chi connectivity index (χ0) is 52.8. The molecule has 4 heterocycles. The quantitative estimate of drug-likeness (QED) is 0.0188. The van der Waals surface area contributed by atoms with Crippen molar-refractivity contribution in [3.63, 3.8) is 0 Å². The number of ketones is 2. The van der Waals surface area contributed by atoms with Gasteiger partial charge in [0.15, 0.2) is 28.8 Å². The number of thioether (sulfide) groups is 1. The molecule has 73 heavy (non-hydrogen) atoms. The highest BCUT2D eigenvalue weighted by atomic mass is 35.5. The molecule has 3 fully saturated rings. The van der Waals surface area contributed by atoms with Crippen LogP contribution in [0.4, 0.5) is 4.79 Å². The third-order valence-corrected chi connectivity index (χ3v) is 14.6. The molecule has 1 aromatic heterocycles. The first-order valence-electron chi connectivity index (χ1n) is 23.0. The number of fused-ring (bicyclic) bond motifs is 1. The number of benzene rings is 3. The number of carbonyl (C=O) groups is 6. The van der Waals surface area contributed by atoms with Crippen LogP contribution in [-0.4, -0.2) is 131 Å². The van der Waals surface area contributed by atoms with Crippen LogP contribution < -0.4 is 18.9 Å². The van der Waals surface area contributed by atoms with Crippen molar-refractivity contribution >= 4 is 90.1 Å². The Morgan fingerprint density at radius 3 is 2.15 bits per heavy atom. The van der Waals surface area contributed by atoms with Crippen molar-refractivity contribution in [3.8, 4) is 23.0 Å². The standard InChI is InChI=1S/C50H54BClN6O13S2/c1-29-54-36(27-72-29)41(55-71-49(5,6)45(62)69-48(2,3)4)38(60)24-35-43(61)56-28-50(46(63)70-51,73-44(35)56)57-22-23-58(47(57)64)53-21-9-10-37(59)34-19-20-39(67-25-30-11-15-32(65-7)16-12-30)42(40(34)52)68-26-31-13-17-33(66-8)18-14-31/h11-21,27,35,44H,9-10,22-26,28H2,1-8H3/b53-21+,55-41-/t35-,44-,50-/m1/s1. The van der Waals surface area contributed by atoms with E-state index in [0.717, 1.165) is 27.9 Å². The predicted octanol–water partition coefficient (Wildman–Crippen LogP) is 7.32. The Hall–Kier alpha value is -6.65. The summed E-state index contributed by atoms with van der Waals surface area (Å²) in [5.74, 6) is -2.12. The number of nitrogens with zero attached hydrogens (tertiary/aromatic N) is 6. The Morgan fingerprint density at radius 1 is 0.918 bits per heavy atom. The van der Waals surface area contributed by atoms with Gasteiger partial charge in [-0.2, -0.15) is 5.10 Å². The maximum atomic E-state index is 14.0. The van der Waals surface area contributed by atoms with Crippen LogP contribution in [0.5, 0.6) is 23.0 Å². The summed E-state index contributed by atoms with van der Waals surface area (Å²) >= 11 is 9.13. The Morgan fingerprint density at radius 2 is 1.56 bits per heavy atom. The lowest BCUT2D eigenvalue weighted by molar-refractivity contribution is -0.179. The molecule has 19 nitrogen and oxygen atoms in total. The van der Waals surface area contributed by atoms with Gasteiger partial charge in [0.05, 0.1) is 48.6 Å². The molecule has 384 valence electrons. The Labute approximate surface area is 436 Å². The molecule has 4 aromatic rings. The normalized spacial score (nSPS) is 18.9. The van der Waals surface area contributed by atoms with E-state index in [0.29, 0.717) is 22.3 Å². The number of rotatable bonds is 22. The molecular formula is C50H54BClN6O13S2. The summed E-state index contributed by atoms with van der Waals surface area (Å²) < 4.78 is 33.1. The van der Waals surface area contributed by atoms with E-state index in [1.165, 1.54) is 41.2 Å². The van der Waals surface area contributed by atoms with Crippen LogP contribution in [0.2, 0.25) is 5.02 Å². The number of aromatic nitrogens is 1. The lowest BCUT2D eigenvalue weighted by Crippen LogP contribution is -2.59. The number of halogens is 1. The number of hydrogen-bond donors (Lipinski definition) is 0. The van der Waals surface area contributed by atoms with Gasteiger partial charge in [-0.25, -0.2) is 19.6 Å². The number of hydrazone groups is 1. The Kier molecular flexibility index (Phi) is 16.8. The molecule has 3 aliphatic rings. The van der Waals surface area contributed by atoms with Crippen molar-refractivity contribution < 1.29 is 61.9 Å². The number of esters is 1. The summed E-state index contributed by atoms with van der Waals surface area (Å²) in [6, 6.07) is 17.2. The molecule has 3 aliphatic heterocycles. The van der Waals surface area contributed by atoms with Gasteiger partial charge in [0.25, 0.3) is 0 Å². The highest BCUT2D eigenvalue weighted by molar-refractivity contribution is 8.02. The average Bonchev–Trinajstić information content (AvgIpc) is 4.08. The van der Waals surface area contributed by atoms with Gasteiger partial charge < -0.3 is 38.1 Å². The summed E-state index contributed by atoms with van der Waals surface area (Å²) in [5.41, 5.74) is -0.553. The number of thiazole rings is 1. The summed E-state index contributed by atoms with van der Waals surface area (Å²) in [4.78, 5) is 92.7. The van der Waals surface area contributed by atoms with E-state index in [1.54, 1.807) is 71.6 Å². The fraction of sp³-hybridized carbons (Fsp3) is 0.420. The molecule has 0 aliphatic carbocycles. The highest BCUT2D eigenvalue weighted by Crippen LogP contribution is 2.53. The molecule has 0 N–H and O–H groups in total. The molecule has 2 radical (unpaired) electrons. The van der Waals surface area contributed by atoms with Gasteiger partial charge in [0, 0.05) is 36.5 Å². The summed E-state index contributed by atoms with van der Waals surface area (Å²) in [6.07, 6.45) is 1.12. The van der Waals surface area contributed by atoms with Crippen molar-refractivity contribution in [2.45, 2.75) is 95.5 Å². The minimum atomic E-state index is -1.78. The van der Waals surface area contributed by atoms with Crippen LogP contribution in [0, 0.1) is 12.8 Å². The summed E-state index contributed by atoms with van der Waals surface area (Å²) in [6.45, 7) is 9.83. The van der Waals surface area contributed by atoms with Gasteiger partial charge in [0.2, 0.25) is 16.4 Å². The second kappa shape index (κ2) is 22.6. The van der Waals surface area contributed by atoms with Crippen LogP contribution >= 0.6 is 34.7 Å². The third-order valence-electron chi connectivity index (χ3n) is 11.8. The van der Waals surface area contributed by atoms with Crippen molar-refractivity contribution in [1.82, 2.24) is 19.8 Å². The molecule has 3 amide bonds. The molecular weight excluding hydrogens is 1000 g/mol. The maximum Gasteiger partial charge on any atom is 0.378 e. The van der Waals surface area contributed by atoms with E-state index in [2.05, 4.69) is 15.2 Å². The first-order valence-corrected chi connectivity index (χ1v) is 25.2. The number of aryl methyl sites for hydroxylation is 1. The number of oxime groups is 1. The van der Waals surface area contributed by atoms with Crippen molar-refractivity contribution in [3.05, 3.63) is 98.5 Å². The molecule has 23 heteroatoms. The molecule has 3 aromatic carbocycles. The number of Topliss-reactive ketones (excluding diaryl/α,β-unsaturated/α-hetero) is 2. The van der Waals surface area contributed by atoms with Crippen molar-refractivity contribution in [1.29, 1.82) is 0 Å². The smallest absolute Gasteiger partial charge is 0.378 e. The van der Waals surface area contributed by atoms with Crippen LogP contribution in [0.1, 0.15) is 86.1 Å². The van der Waals surface area contributed by atoms with E-state index < -0.39 is 57.0 Å². The minimum Gasteiger partial charge on any atom is -0.541 e. The third kappa shape index (κ3) is 12.2. The van der Waals surface area contributed by atoms with Gasteiger partial charge >= 0.3 is 26.0 Å².